The summed E-state index contributed by atoms with van der Waals surface area (Å²) in [5.74, 6) is -1.69. The van der Waals surface area contributed by atoms with Gasteiger partial charge in [-0.15, -0.1) is 0 Å². The summed E-state index contributed by atoms with van der Waals surface area (Å²) in [6.07, 6.45) is -1.82. The maximum atomic E-state index is 12.2. The highest BCUT2D eigenvalue weighted by Gasteiger charge is 2.45. The standard InChI is InChI=1S/C10H15F3N2O/c11-10(12,13)9(16)15-6-3-8(7-15)14-4-1-2-5-14/h8H,1-7H2. The van der Waals surface area contributed by atoms with Gasteiger partial charge >= 0.3 is 12.1 Å². The van der Waals surface area contributed by atoms with Crippen molar-refractivity contribution in [2.75, 3.05) is 26.2 Å². The van der Waals surface area contributed by atoms with Crippen LogP contribution in [0.4, 0.5) is 13.2 Å². The van der Waals surface area contributed by atoms with E-state index in [9.17, 15) is 18.0 Å². The number of nitrogens with zero attached hydrogens (tertiary/aromatic N) is 2. The fraction of sp³-hybridized carbons (Fsp3) is 0.900. The highest BCUT2D eigenvalue weighted by Crippen LogP contribution is 2.25. The summed E-state index contributed by atoms with van der Waals surface area (Å²) >= 11 is 0. The Morgan fingerprint density at radius 3 is 2.31 bits per heavy atom. The predicted molar refractivity (Wildman–Crippen MR) is 51.8 cm³/mol. The molecule has 1 unspecified atom stereocenters. The Morgan fingerprint density at radius 2 is 1.75 bits per heavy atom. The smallest absolute Gasteiger partial charge is 0.333 e. The lowest BCUT2D eigenvalue weighted by molar-refractivity contribution is -0.184. The zero-order valence-corrected chi connectivity index (χ0v) is 8.96. The average molecular weight is 236 g/mol. The van der Waals surface area contributed by atoms with Crippen molar-refractivity contribution in [2.24, 2.45) is 0 Å². The zero-order chi connectivity index (χ0) is 11.8. The number of carbonyl (C=O) groups excluding carboxylic acids is 1. The summed E-state index contributed by atoms with van der Waals surface area (Å²) in [4.78, 5) is 14.1. The molecule has 0 aromatic carbocycles. The molecular weight excluding hydrogens is 221 g/mol. The van der Waals surface area contributed by atoms with E-state index < -0.39 is 12.1 Å². The second-order valence-electron chi connectivity index (χ2n) is 4.43. The van der Waals surface area contributed by atoms with Crippen LogP contribution in [0.15, 0.2) is 0 Å². The minimum absolute atomic E-state index is 0.133. The fourth-order valence-corrected chi connectivity index (χ4v) is 2.51. The summed E-state index contributed by atoms with van der Waals surface area (Å²) in [5, 5.41) is 0. The molecule has 6 heteroatoms. The van der Waals surface area contributed by atoms with Crippen LogP contribution < -0.4 is 0 Å². The molecule has 0 aromatic heterocycles. The molecule has 0 bridgehead atoms. The Kier molecular flexibility index (Phi) is 3.10. The van der Waals surface area contributed by atoms with E-state index in [1.165, 1.54) is 0 Å². The van der Waals surface area contributed by atoms with Gasteiger partial charge in [-0.1, -0.05) is 0 Å². The molecule has 92 valence electrons. The maximum Gasteiger partial charge on any atom is 0.471 e. The van der Waals surface area contributed by atoms with Crippen molar-refractivity contribution in [3.63, 3.8) is 0 Å². The molecule has 0 aromatic rings. The second kappa shape index (κ2) is 4.24. The molecule has 0 N–H and O–H groups in total. The first-order valence-corrected chi connectivity index (χ1v) is 5.58. The Morgan fingerprint density at radius 1 is 1.12 bits per heavy atom. The van der Waals surface area contributed by atoms with Crippen LogP contribution in [-0.4, -0.2) is 54.1 Å². The summed E-state index contributed by atoms with van der Waals surface area (Å²) in [6, 6.07) is 0.133. The number of hydrogen-bond donors (Lipinski definition) is 0. The van der Waals surface area contributed by atoms with Crippen molar-refractivity contribution in [1.82, 2.24) is 9.80 Å². The molecule has 16 heavy (non-hydrogen) atoms. The number of carbonyl (C=O) groups is 1. The highest BCUT2D eigenvalue weighted by molar-refractivity contribution is 5.82. The lowest BCUT2D eigenvalue weighted by Crippen LogP contribution is -2.42. The number of alkyl halides is 3. The third-order valence-electron chi connectivity index (χ3n) is 3.35. The van der Waals surface area contributed by atoms with Gasteiger partial charge in [0.15, 0.2) is 0 Å². The van der Waals surface area contributed by atoms with Crippen molar-refractivity contribution < 1.29 is 18.0 Å². The van der Waals surface area contributed by atoms with Crippen LogP contribution in [-0.2, 0) is 4.79 Å². The van der Waals surface area contributed by atoms with E-state index in [-0.39, 0.29) is 19.1 Å². The lowest BCUT2D eigenvalue weighted by atomic mass is 10.2. The first-order chi connectivity index (χ1) is 7.48. The van der Waals surface area contributed by atoms with Gasteiger partial charge < -0.3 is 4.90 Å². The quantitative estimate of drug-likeness (QED) is 0.684. The highest BCUT2D eigenvalue weighted by atomic mass is 19.4. The first-order valence-electron chi connectivity index (χ1n) is 5.58. The Hall–Kier alpha value is -0.780. The van der Waals surface area contributed by atoms with E-state index in [1.807, 2.05) is 0 Å². The molecule has 2 aliphatic heterocycles. The normalized spacial score (nSPS) is 27.7. The third kappa shape index (κ3) is 2.31. The third-order valence-corrected chi connectivity index (χ3v) is 3.35. The van der Waals surface area contributed by atoms with Crippen LogP contribution in [0.2, 0.25) is 0 Å². The zero-order valence-electron chi connectivity index (χ0n) is 8.96. The van der Waals surface area contributed by atoms with Gasteiger partial charge in [-0.05, 0) is 32.4 Å². The molecule has 2 saturated heterocycles. The maximum absolute atomic E-state index is 12.2. The molecule has 1 atom stereocenters. The molecule has 2 aliphatic rings. The van der Waals surface area contributed by atoms with Crippen LogP contribution in [0.25, 0.3) is 0 Å². The summed E-state index contributed by atoms with van der Waals surface area (Å²) in [5.41, 5.74) is 0. The van der Waals surface area contributed by atoms with Crippen molar-refractivity contribution in [3.8, 4) is 0 Å². The summed E-state index contributed by atoms with van der Waals surface area (Å²) in [6.45, 7) is 2.38. The van der Waals surface area contributed by atoms with Gasteiger partial charge in [0, 0.05) is 19.1 Å². The van der Waals surface area contributed by atoms with Gasteiger partial charge in [0.1, 0.15) is 0 Å². The molecule has 0 spiro atoms. The number of likely N-dealkylation sites (tertiary alicyclic amines) is 2. The predicted octanol–water partition coefficient (Wildman–Crippen LogP) is 1.25. The van der Waals surface area contributed by atoms with Gasteiger partial charge in [0.2, 0.25) is 0 Å². The number of rotatable bonds is 1. The SMILES string of the molecule is O=C(N1CCC(N2CCCC2)C1)C(F)(F)F. The van der Waals surface area contributed by atoms with Crippen LogP contribution in [0, 0.1) is 0 Å². The number of amides is 1. The minimum atomic E-state index is -4.72. The monoisotopic (exact) mass is 236 g/mol. The van der Waals surface area contributed by atoms with Gasteiger partial charge in [-0.3, -0.25) is 9.69 Å². The van der Waals surface area contributed by atoms with E-state index in [1.54, 1.807) is 0 Å². The van der Waals surface area contributed by atoms with E-state index in [0.717, 1.165) is 30.8 Å². The van der Waals surface area contributed by atoms with Crippen LogP contribution in [0.5, 0.6) is 0 Å². The first kappa shape index (κ1) is 11.7. The van der Waals surface area contributed by atoms with Gasteiger partial charge in [-0.2, -0.15) is 13.2 Å². The molecule has 2 fully saturated rings. The molecule has 3 nitrogen and oxygen atoms in total. The van der Waals surface area contributed by atoms with Gasteiger partial charge in [0.25, 0.3) is 0 Å². The Labute approximate surface area is 92.2 Å². The van der Waals surface area contributed by atoms with Crippen molar-refractivity contribution >= 4 is 5.91 Å². The van der Waals surface area contributed by atoms with E-state index in [2.05, 4.69) is 4.90 Å². The molecule has 2 rings (SSSR count). The minimum Gasteiger partial charge on any atom is -0.333 e. The summed E-state index contributed by atoms with van der Waals surface area (Å²) < 4.78 is 36.6. The molecule has 2 heterocycles. The van der Waals surface area contributed by atoms with Crippen molar-refractivity contribution in [2.45, 2.75) is 31.5 Å². The van der Waals surface area contributed by atoms with E-state index in [0.29, 0.717) is 6.42 Å². The molecular formula is C10H15F3N2O. The molecule has 0 saturated carbocycles. The van der Waals surface area contributed by atoms with Crippen molar-refractivity contribution in [1.29, 1.82) is 0 Å². The van der Waals surface area contributed by atoms with Crippen LogP contribution in [0.3, 0.4) is 0 Å². The number of halogens is 3. The topological polar surface area (TPSA) is 23.6 Å². The van der Waals surface area contributed by atoms with Gasteiger partial charge in [0.05, 0.1) is 0 Å². The second-order valence-corrected chi connectivity index (χ2v) is 4.43. The van der Waals surface area contributed by atoms with E-state index >= 15 is 0 Å². The summed E-state index contributed by atoms with van der Waals surface area (Å²) in [7, 11) is 0. The molecule has 0 aliphatic carbocycles. The largest absolute Gasteiger partial charge is 0.471 e. The Bertz CT molecular complexity index is 274. The van der Waals surface area contributed by atoms with Crippen LogP contribution in [0.1, 0.15) is 19.3 Å². The molecule has 0 radical (unpaired) electrons. The van der Waals surface area contributed by atoms with E-state index in [4.69, 9.17) is 0 Å². The van der Waals surface area contributed by atoms with Crippen LogP contribution >= 0.6 is 0 Å². The Balaban J connectivity index is 1.90. The number of hydrogen-bond acceptors (Lipinski definition) is 2. The lowest BCUT2D eigenvalue weighted by Gasteiger charge is -2.23. The molecule has 1 amide bonds. The van der Waals surface area contributed by atoms with Gasteiger partial charge in [-0.25, -0.2) is 0 Å². The fourth-order valence-electron chi connectivity index (χ4n) is 2.51. The average Bonchev–Trinajstić information content (AvgIpc) is 2.85. The van der Waals surface area contributed by atoms with Crippen molar-refractivity contribution in [3.05, 3.63) is 0 Å².